The molecule has 0 amide bonds. The molecule has 1 heterocycles. The van der Waals surface area contributed by atoms with Crippen LogP contribution in [0.25, 0.3) is 0 Å². The Labute approximate surface area is 98.8 Å². The summed E-state index contributed by atoms with van der Waals surface area (Å²) in [5.41, 5.74) is 1.64. The lowest BCUT2D eigenvalue weighted by Crippen LogP contribution is -2.50. The SMILES string of the molecule is NS(=O)(=O)N1Cc2ccccc2C[C@@H]1C(=O)O. The molecular weight excluding hydrogens is 244 g/mol. The molecule has 17 heavy (non-hydrogen) atoms. The van der Waals surface area contributed by atoms with Crippen LogP contribution in [0.2, 0.25) is 0 Å². The maximum atomic E-state index is 11.4. The van der Waals surface area contributed by atoms with Crippen molar-refractivity contribution in [2.24, 2.45) is 5.14 Å². The maximum Gasteiger partial charge on any atom is 0.322 e. The Hall–Kier alpha value is -1.44. The molecule has 1 aliphatic rings. The van der Waals surface area contributed by atoms with Gasteiger partial charge in [-0.15, -0.1) is 0 Å². The molecule has 1 aromatic carbocycles. The number of fused-ring (bicyclic) bond motifs is 1. The quantitative estimate of drug-likeness (QED) is 0.758. The highest BCUT2D eigenvalue weighted by atomic mass is 32.2. The van der Waals surface area contributed by atoms with Crippen LogP contribution in [0.1, 0.15) is 11.1 Å². The molecule has 0 saturated heterocycles. The minimum absolute atomic E-state index is 0.00593. The van der Waals surface area contributed by atoms with E-state index in [9.17, 15) is 13.2 Å². The second-order valence-corrected chi connectivity index (χ2v) is 5.42. The third-order valence-electron chi connectivity index (χ3n) is 2.82. The normalized spacial score (nSPS) is 20.9. The number of nitrogens with two attached hydrogens (primary N) is 1. The van der Waals surface area contributed by atoms with Gasteiger partial charge in [0.2, 0.25) is 0 Å². The Bertz CT molecular complexity index is 555. The molecule has 0 bridgehead atoms. The molecule has 0 aliphatic carbocycles. The fraction of sp³-hybridized carbons (Fsp3) is 0.300. The van der Waals surface area contributed by atoms with Gasteiger partial charge in [-0.2, -0.15) is 12.7 Å². The Morgan fingerprint density at radius 1 is 1.35 bits per heavy atom. The summed E-state index contributed by atoms with van der Waals surface area (Å²) in [5, 5.41) is 14.1. The van der Waals surface area contributed by atoms with E-state index in [0.29, 0.717) is 0 Å². The van der Waals surface area contributed by atoms with Crippen LogP contribution in [0.3, 0.4) is 0 Å². The van der Waals surface area contributed by atoms with Gasteiger partial charge in [0.25, 0.3) is 10.2 Å². The van der Waals surface area contributed by atoms with Gasteiger partial charge < -0.3 is 5.11 Å². The van der Waals surface area contributed by atoms with E-state index >= 15 is 0 Å². The van der Waals surface area contributed by atoms with E-state index in [1.165, 1.54) is 0 Å². The van der Waals surface area contributed by atoms with E-state index in [2.05, 4.69) is 0 Å². The fourth-order valence-corrected chi connectivity index (χ4v) is 2.82. The molecule has 0 fully saturated rings. The van der Waals surface area contributed by atoms with Crippen molar-refractivity contribution in [2.45, 2.75) is 19.0 Å². The number of benzene rings is 1. The summed E-state index contributed by atoms with van der Waals surface area (Å²) in [4.78, 5) is 11.1. The van der Waals surface area contributed by atoms with E-state index in [4.69, 9.17) is 10.2 Å². The highest BCUT2D eigenvalue weighted by Gasteiger charge is 2.37. The lowest BCUT2D eigenvalue weighted by molar-refractivity contribution is -0.141. The Morgan fingerprint density at radius 2 is 1.94 bits per heavy atom. The standard InChI is InChI=1S/C10H12N2O4S/c11-17(15,16)12-6-8-4-2-1-3-7(8)5-9(12)10(13)14/h1-4,9H,5-6H2,(H,13,14)(H2,11,15,16)/t9-/m1/s1. The van der Waals surface area contributed by atoms with Crippen LogP contribution in [-0.4, -0.2) is 29.8 Å². The van der Waals surface area contributed by atoms with Gasteiger partial charge in [0.05, 0.1) is 0 Å². The summed E-state index contributed by atoms with van der Waals surface area (Å²) in [6, 6.07) is 6.02. The van der Waals surface area contributed by atoms with E-state index in [-0.39, 0.29) is 13.0 Å². The molecule has 1 atom stereocenters. The zero-order valence-corrected chi connectivity index (χ0v) is 9.72. The maximum absolute atomic E-state index is 11.4. The van der Waals surface area contributed by atoms with E-state index in [1.54, 1.807) is 24.3 Å². The number of aliphatic carboxylic acids is 1. The van der Waals surface area contributed by atoms with Crippen LogP contribution in [0.15, 0.2) is 24.3 Å². The summed E-state index contributed by atoms with van der Waals surface area (Å²) in [6.45, 7) is 0.00593. The summed E-state index contributed by atoms with van der Waals surface area (Å²) in [6.07, 6.45) is 0.141. The second kappa shape index (κ2) is 4.10. The van der Waals surface area contributed by atoms with Crippen LogP contribution in [0, 0.1) is 0 Å². The molecular formula is C10H12N2O4S. The highest BCUT2D eigenvalue weighted by molar-refractivity contribution is 7.86. The smallest absolute Gasteiger partial charge is 0.322 e. The van der Waals surface area contributed by atoms with Gasteiger partial charge in [-0.1, -0.05) is 24.3 Å². The van der Waals surface area contributed by atoms with Gasteiger partial charge in [0, 0.05) is 13.0 Å². The second-order valence-electron chi connectivity index (χ2n) is 3.92. The van der Waals surface area contributed by atoms with Crippen molar-refractivity contribution in [3.63, 3.8) is 0 Å². The van der Waals surface area contributed by atoms with Crippen LogP contribution in [0.4, 0.5) is 0 Å². The van der Waals surface area contributed by atoms with Crippen LogP contribution >= 0.6 is 0 Å². The molecule has 7 heteroatoms. The van der Waals surface area contributed by atoms with Gasteiger partial charge in [0.1, 0.15) is 6.04 Å². The fourth-order valence-electron chi connectivity index (χ4n) is 1.98. The van der Waals surface area contributed by atoms with Crippen LogP contribution in [0.5, 0.6) is 0 Å². The third-order valence-corrected chi connectivity index (χ3v) is 3.85. The first-order valence-corrected chi connectivity index (χ1v) is 6.49. The van der Waals surface area contributed by atoms with Crippen molar-refractivity contribution in [1.29, 1.82) is 0 Å². The summed E-state index contributed by atoms with van der Waals surface area (Å²) >= 11 is 0. The van der Waals surface area contributed by atoms with Gasteiger partial charge in [-0.3, -0.25) is 4.79 Å². The van der Waals surface area contributed by atoms with Crippen molar-refractivity contribution < 1.29 is 18.3 Å². The van der Waals surface area contributed by atoms with Crippen LogP contribution in [-0.2, 0) is 28.0 Å². The van der Waals surface area contributed by atoms with Crippen molar-refractivity contribution in [3.05, 3.63) is 35.4 Å². The van der Waals surface area contributed by atoms with E-state index in [1.807, 2.05) is 0 Å². The van der Waals surface area contributed by atoms with Gasteiger partial charge in [0.15, 0.2) is 0 Å². The first-order valence-electron chi connectivity index (χ1n) is 4.99. The lowest BCUT2D eigenvalue weighted by atomic mass is 9.96. The number of hydrogen-bond donors (Lipinski definition) is 2. The summed E-state index contributed by atoms with van der Waals surface area (Å²) in [7, 11) is -4.01. The van der Waals surface area contributed by atoms with E-state index in [0.717, 1.165) is 15.4 Å². The summed E-state index contributed by atoms with van der Waals surface area (Å²) in [5.74, 6) is -1.19. The van der Waals surface area contributed by atoms with Crippen LogP contribution < -0.4 is 5.14 Å². The predicted octanol–water partition coefficient (Wildman–Crippen LogP) is -0.299. The number of carboxylic acid groups (broad SMARTS) is 1. The molecule has 3 N–H and O–H groups in total. The Morgan fingerprint density at radius 3 is 2.47 bits per heavy atom. The molecule has 0 saturated carbocycles. The van der Waals surface area contributed by atoms with Gasteiger partial charge in [-0.05, 0) is 11.1 Å². The number of rotatable bonds is 2. The number of carboxylic acids is 1. The highest BCUT2D eigenvalue weighted by Crippen LogP contribution is 2.24. The van der Waals surface area contributed by atoms with Crippen molar-refractivity contribution in [1.82, 2.24) is 4.31 Å². The Kier molecular flexibility index (Phi) is 2.90. The minimum Gasteiger partial charge on any atom is -0.480 e. The molecule has 0 spiro atoms. The molecule has 6 nitrogen and oxygen atoms in total. The molecule has 0 aromatic heterocycles. The van der Waals surface area contributed by atoms with Gasteiger partial charge >= 0.3 is 5.97 Å². The monoisotopic (exact) mass is 256 g/mol. The van der Waals surface area contributed by atoms with Crippen molar-refractivity contribution in [3.8, 4) is 0 Å². The molecule has 1 aromatic rings. The average molecular weight is 256 g/mol. The third kappa shape index (κ3) is 2.31. The number of carbonyl (C=O) groups is 1. The largest absolute Gasteiger partial charge is 0.480 e. The van der Waals surface area contributed by atoms with Crippen molar-refractivity contribution >= 4 is 16.2 Å². The van der Waals surface area contributed by atoms with Gasteiger partial charge in [-0.25, -0.2) is 5.14 Å². The first-order chi connectivity index (χ1) is 7.89. The van der Waals surface area contributed by atoms with E-state index < -0.39 is 22.2 Å². The number of hydrogen-bond acceptors (Lipinski definition) is 3. The molecule has 2 rings (SSSR count). The molecule has 92 valence electrons. The zero-order chi connectivity index (χ0) is 12.6. The molecule has 1 aliphatic heterocycles. The summed E-state index contributed by atoms with van der Waals surface area (Å²) < 4.78 is 23.5. The first kappa shape index (κ1) is 12.0. The van der Waals surface area contributed by atoms with Crippen molar-refractivity contribution in [2.75, 3.05) is 0 Å². The number of nitrogens with zero attached hydrogens (tertiary/aromatic N) is 1. The average Bonchev–Trinajstić information content (AvgIpc) is 2.26. The molecule has 0 unspecified atom stereocenters. The predicted molar refractivity (Wildman–Crippen MR) is 60.2 cm³/mol. The topological polar surface area (TPSA) is 101 Å². The lowest BCUT2D eigenvalue weighted by Gasteiger charge is -2.31. The Balaban J connectivity index is 2.45. The molecule has 0 radical (unpaired) electrons. The zero-order valence-electron chi connectivity index (χ0n) is 8.91. The minimum atomic E-state index is -4.01.